The van der Waals surface area contributed by atoms with E-state index in [1.54, 1.807) is 0 Å². The average molecular weight is 309 g/mol. The third kappa shape index (κ3) is 3.88. The average Bonchev–Trinajstić information content (AvgIpc) is 2.46. The minimum absolute atomic E-state index is 0.140. The lowest BCUT2D eigenvalue weighted by molar-refractivity contribution is 0.332. The highest BCUT2D eigenvalue weighted by Crippen LogP contribution is 2.33. The number of nitrogens with two attached hydrogens (primary N) is 1. The standard InChI is InChI=1S/C14H17ClN4O2/c1-3-20-9-5-6-12(21-4-2)11(7-9)18-13-10(15)8-17-14(16)19-13/h5-8H,3-4H2,1-2H3,(H3,16,17,18,19). The van der Waals surface area contributed by atoms with Crippen LogP contribution in [0.15, 0.2) is 24.4 Å². The van der Waals surface area contributed by atoms with E-state index in [2.05, 4.69) is 15.3 Å². The zero-order chi connectivity index (χ0) is 15.2. The van der Waals surface area contributed by atoms with Crippen molar-refractivity contribution in [1.29, 1.82) is 0 Å². The molecule has 1 aromatic heterocycles. The highest BCUT2D eigenvalue weighted by molar-refractivity contribution is 6.32. The summed E-state index contributed by atoms with van der Waals surface area (Å²) in [5.74, 6) is 1.95. The number of nitrogens with one attached hydrogen (secondary N) is 1. The maximum atomic E-state index is 6.06. The van der Waals surface area contributed by atoms with E-state index in [9.17, 15) is 0 Å². The second kappa shape index (κ2) is 6.99. The molecule has 0 saturated heterocycles. The van der Waals surface area contributed by atoms with Gasteiger partial charge in [0.15, 0.2) is 5.82 Å². The van der Waals surface area contributed by atoms with Crippen molar-refractivity contribution < 1.29 is 9.47 Å². The molecular formula is C14H17ClN4O2. The Morgan fingerprint density at radius 2 is 2.00 bits per heavy atom. The molecule has 3 N–H and O–H groups in total. The minimum Gasteiger partial charge on any atom is -0.494 e. The van der Waals surface area contributed by atoms with Crippen LogP contribution in [0.5, 0.6) is 11.5 Å². The first-order valence-corrected chi connectivity index (χ1v) is 6.96. The van der Waals surface area contributed by atoms with E-state index in [0.29, 0.717) is 35.5 Å². The summed E-state index contributed by atoms with van der Waals surface area (Å²) in [6, 6.07) is 5.49. The maximum absolute atomic E-state index is 6.06. The Bertz CT molecular complexity index is 622. The van der Waals surface area contributed by atoms with Gasteiger partial charge in [-0.15, -0.1) is 0 Å². The fraction of sp³-hybridized carbons (Fsp3) is 0.286. The van der Waals surface area contributed by atoms with Gasteiger partial charge in [-0.25, -0.2) is 4.98 Å². The van der Waals surface area contributed by atoms with Crippen LogP contribution in [0, 0.1) is 0 Å². The van der Waals surface area contributed by atoms with E-state index in [0.717, 1.165) is 5.75 Å². The summed E-state index contributed by atoms with van der Waals surface area (Å²) in [6.45, 7) is 4.96. The molecule has 2 aromatic rings. The predicted molar refractivity (Wildman–Crippen MR) is 83.5 cm³/mol. The molecule has 0 saturated carbocycles. The van der Waals surface area contributed by atoms with Crippen molar-refractivity contribution in [3.05, 3.63) is 29.4 Å². The van der Waals surface area contributed by atoms with Gasteiger partial charge in [0.05, 0.1) is 25.1 Å². The van der Waals surface area contributed by atoms with Crippen LogP contribution < -0.4 is 20.5 Å². The van der Waals surface area contributed by atoms with Gasteiger partial charge in [-0.3, -0.25) is 0 Å². The second-order valence-corrected chi connectivity index (χ2v) is 4.48. The van der Waals surface area contributed by atoms with Crippen LogP contribution in [-0.2, 0) is 0 Å². The lowest BCUT2D eigenvalue weighted by Gasteiger charge is -2.14. The van der Waals surface area contributed by atoms with Crippen molar-refractivity contribution in [2.45, 2.75) is 13.8 Å². The lowest BCUT2D eigenvalue weighted by atomic mass is 10.2. The van der Waals surface area contributed by atoms with E-state index in [1.165, 1.54) is 6.20 Å². The fourth-order valence-electron chi connectivity index (χ4n) is 1.74. The highest BCUT2D eigenvalue weighted by Gasteiger charge is 2.10. The summed E-state index contributed by atoms with van der Waals surface area (Å²) in [6.07, 6.45) is 1.44. The number of aromatic nitrogens is 2. The molecule has 0 spiro atoms. The number of benzene rings is 1. The summed E-state index contributed by atoms with van der Waals surface area (Å²) in [5.41, 5.74) is 6.28. The van der Waals surface area contributed by atoms with Gasteiger partial charge in [0.25, 0.3) is 0 Å². The molecule has 7 heteroatoms. The number of rotatable bonds is 6. The molecule has 112 valence electrons. The Balaban J connectivity index is 2.35. The zero-order valence-corrected chi connectivity index (χ0v) is 12.6. The molecule has 1 aromatic carbocycles. The predicted octanol–water partition coefficient (Wildman–Crippen LogP) is 3.25. The molecular weight excluding hydrogens is 292 g/mol. The van der Waals surface area contributed by atoms with Crippen molar-refractivity contribution in [3.63, 3.8) is 0 Å². The second-order valence-electron chi connectivity index (χ2n) is 4.07. The molecule has 0 aliphatic rings. The molecule has 21 heavy (non-hydrogen) atoms. The molecule has 1 heterocycles. The largest absolute Gasteiger partial charge is 0.494 e. The van der Waals surface area contributed by atoms with Crippen LogP contribution in [-0.4, -0.2) is 23.2 Å². The van der Waals surface area contributed by atoms with E-state index in [1.807, 2.05) is 32.0 Å². The number of ether oxygens (including phenoxy) is 2. The SMILES string of the molecule is CCOc1ccc(OCC)c(Nc2nc(N)ncc2Cl)c1. The molecule has 0 unspecified atom stereocenters. The normalized spacial score (nSPS) is 10.2. The number of halogens is 1. The zero-order valence-electron chi connectivity index (χ0n) is 11.9. The lowest BCUT2D eigenvalue weighted by Crippen LogP contribution is -2.03. The third-order valence-electron chi connectivity index (χ3n) is 2.58. The summed E-state index contributed by atoms with van der Waals surface area (Å²) in [5, 5.41) is 3.47. The Morgan fingerprint density at radius 1 is 1.24 bits per heavy atom. The van der Waals surface area contributed by atoms with Crippen LogP contribution in [0.4, 0.5) is 17.5 Å². The van der Waals surface area contributed by atoms with Gasteiger partial charge in [-0.2, -0.15) is 4.98 Å². The monoisotopic (exact) mass is 308 g/mol. The molecule has 0 amide bonds. The molecule has 0 aliphatic heterocycles. The summed E-state index contributed by atoms with van der Waals surface area (Å²) >= 11 is 6.06. The Kier molecular flexibility index (Phi) is 5.05. The van der Waals surface area contributed by atoms with E-state index in [-0.39, 0.29) is 5.95 Å². The van der Waals surface area contributed by atoms with Gasteiger partial charge < -0.3 is 20.5 Å². The Labute approximate surface area is 128 Å². The molecule has 0 aliphatic carbocycles. The number of nitrogen functional groups attached to an aromatic ring is 1. The van der Waals surface area contributed by atoms with Crippen LogP contribution in [0.2, 0.25) is 5.02 Å². The van der Waals surface area contributed by atoms with Crippen LogP contribution in [0.25, 0.3) is 0 Å². The molecule has 6 nitrogen and oxygen atoms in total. The van der Waals surface area contributed by atoms with Crippen molar-refractivity contribution in [2.24, 2.45) is 0 Å². The molecule has 0 atom stereocenters. The molecule has 0 bridgehead atoms. The Hall–Kier alpha value is -2.21. The number of hydrogen-bond acceptors (Lipinski definition) is 6. The number of anilines is 3. The van der Waals surface area contributed by atoms with Crippen LogP contribution in [0.1, 0.15) is 13.8 Å². The quantitative estimate of drug-likeness (QED) is 0.852. The summed E-state index contributed by atoms with van der Waals surface area (Å²) in [7, 11) is 0. The van der Waals surface area contributed by atoms with Gasteiger partial charge >= 0.3 is 0 Å². The molecule has 0 fully saturated rings. The van der Waals surface area contributed by atoms with E-state index < -0.39 is 0 Å². The first-order valence-electron chi connectivity index (χ1n) is 6.58. The van der Waals surface area contributed by atoms with Gasteiger partial charge in [0.1, 0.15) is 16.5 Å². The van der Waals surface area contributed by atoms with Crippen molar-refractivity contribution in [2.75, 3.05) is 24.3 Å². The topological polar surface area (TPSA) is 82.3 Å². The first-order chi connectivity index (χ1) is 10.1. The van der Waals surface area contributed by atoms with Crippen molar-refractivity contribution in [1.82, 2.24) is 9.97 Å². The van der Waals surface area contributed by atoms with Crippen molar-refractivity contribution in [3.8, 4) is 11.5 Å². The highest BCUT2D eigenvalue weighted by atomic mass is 35.5. The number of nitrogens with zero attached hydrogens (tertiary/aromatic N) is 2. The minimum atomic E-state index is 0.140. The van der Waals surface area contributed by atoms with Gasteiger partial charge in [-0.1, -0.05) is 11.6 Å². The van der Waals surface area contributed by atoms with Gasteiger partial charge in [-0.05, 0) is 26.0 Å². The van der Waals surface area contributed by atoms with Crippen LogP contribution in [0.3, 0.4) is 0 Å². The smallest absolute Gasteiger partial charge is 0.222 e. The Morgan fingerprint density at radius 3 is 2.71 bits per heavy atom. The molecule has 0 radical (unpaired) electrons. The molecule has 2 rings (SSSR count). The summed E-state index contributed by atoms with van der Waals surface area (Å²) in [4.78, 5) is 7.90. The third-order valence-corrected chi connectivity index (χ3v) is 2.85. The fourth-order valence-corrected chi connectivity index (χ4v) is 1.88. The van der Waals surface area contributed by atoms with Gasteiger partial charge in [0, 0.05) is 6.07 Å². The maximum Gasteiger partial charge on any atom is 0.222 e. The van der Waals surface area contributed by atoms with E-state index >= 15 is 0 Å². The van der Waals surface area contributed by atoms with Crippen molar-refractivity contribution >= 4 is 29.1 Å². The van der Waals surface area contributed by atoms with E-state index in [4.69, 9.17) is 26.8 Å². The number of hydrogen-bond donors (Lipinski definition) is 2. The summed E-state index contributed by atoms with van der Waals surface area (Å²) < 4.78 is 11.1. The van der Waals surface area contributed by atoms with Crippen LogP contribution >= 0.6 is 11.6 Å². The van der Waals surface area contributed by atoms with Gasteiger partial charge in [0.2, 0.25) is 5.95 Å². The first kappa shape index (κ1) is 15.2.